The fourth-order valence-corrected chi connectivity index (χ4v) is 3.50. The molecule has 0 saturated carbocycles. The monoisotopic (exact) mass is 367 g/mol. The highest BCUT2D eigenvalue weighted by molar-refractivity contribution is 6.03. The molecular formula is C22H26FN3O. The van der Waals surface area contributed by atoms with E-state index in [0.717, 1.165) is 35.5 Å². The van der Waals surface area contributed by atoms with Gasteiger partial charge >= 0.3 is 0 Å². The molecular weight excluding hydrogens is 341 g/mol. The normalized spacial score (nSPS) is 16.7. The Hall–Kier alpha value is -2.53. The zero-order chi connectivity index (χ0) is 19.4. The van der Waals surface area contributed by atoms with Crippen LogP contribution in [-0.4, -0.2) is 41.2 Å². The molecule has 5 heteroatoms. The molecule has 0 bridgehead atoms. The lowest BCUT2D eigenvalue weighted by Gasteiger charge is -2.26. The fourth-order valence-electron chi connectivity index (χ4n) is 3.50. The number of rotatable bonds is 6. The van der Waals surface area contributed by atoms with E-state index in [1.807, 2.05) is 51.1 Å². The van der Waals surface area contributed by atoms with Crippen molar-refractivity contribution in [1.82, 2.24) is 9.91 Å². The number of likely N-dealkylation sites (N-methyl/N-ethyl adjacent to an activating group) is 1. The SMILES string of the molecule is CCN(CC)CC(=O)N1N=C(c2cccc(F)c2)C[C@H]1c1ccccc1C. The van der Waals surface area contributed by atoms with Crippen LogP contribution in [0.4, 0.5) is 4.39 Å². The van der Waals surface area contributed by atoms with Crippen LogP contribution in [0.25, 0.3) is 0 Å². The number of halogens is 1. The lowest BCUT2D eigenvalue weighted by Crippen LogP contribution is -2.38. The van der Waals surface area contributed by atoms with E-state index in [2.05, 4.69) is 10.0 Å². The van der Waals surface area contributed by atoms with E-state index >= 15 is 0 Å². The summed E-state index contributed by atoms with van der Waals surface area (Å²) in [5.74, 6) is -0.325. The van der Waals surface area contributed by atoms with Crippen LogP contribution in [0.1, 0.15) is 43.0 Å². The summed E-state index contributed by atoms with van der Waals surface area (Å²) in [5, 5.41) is 6.23. The van der Waals surface area contributed by atoms with E-state index in [1.54, 1.807) is 11.1 Å². The Morgan fingerprint density at radius 1 is 1.19 bits per heavy atom. The largest absolute Gasteiger partial charge is 0.295 e. The molecule has 1 aliphatic heterocycles. The molecule has 0 aliphatic carbocycles. The molecule has 1 atom stereocenters. The molecule has 4 nitrogen and oxygen atoms in total. The van der Waals surface area contributed by atoms with Crippen molar-refractivity contribution in [3.63, 3.8) is 0 Å². The first kappa shape index (κ1) is 19.2. The van der Waals surface area contributed by atoms with Crippen molar-refractivity contribution < 1.29 is 9.18 Å². The first-order chi connectivity index (χ1) is 13.0. The highest BCUT2D eigenvalue weighted by Crippen LogP contribution is 2.34. The highest BCUT2D eigenvalue weighted by atomic mass is 19.1. The van der Waals surface area contributed by atoms with E-state index in [4.69, 9.17) is 0 Å². The molecule has 0 unspecified atom stereocenters. The van der Waals surface area contributed by atoms with Crippen molar-refractivity contribution >= 4 is 11.6 Å². The molecule has 2 aromatic rings. The number of hydrazone groups is 1. The standard InChI is InChI=1S/C22H26FN3O/c1-4-25(5-2)15-22(27)26-21(19-12-7-6-9-16(19)3)14-20(24-26)17-10-8-11-18(23)13-17/h6-13,21H,4-5,14-15H2,1-3H3/t21-/m0/s1. The number of amides is 1. The van der Waals surface area contributed by atoms with Crippen LogP contribution in [0.3, 0.4) is 0 Å². The number of hydrogen-bond donors (Lipinski definition) is 0. The van der Waals surface area contributed by atoms with Crippen molar-refractivity contribution in [2.24, 2.45) is 5.10 Å². The third kappa shape index (κ3) is 4.25. The van der Waals surface area contributed by atoms with Crippen LogP contribution in [0.2, 0.25) is 0 Å². The summed E-state index contributed by atoms with van der Waals surface area (Å²) in [6.07, 6.45) is 0.582. The second-order valence-electron chi connectivity index (χ2n) is 6.83. The molecule has 0 spiro atoms. The van der Waals surface area contributed by atoms with E-state index in [0.29, 0.717) is 13.0 Å². The molecule has 0 fully saturated rings. The average Bonchev–Trinajstić information content (AvgIpc) is 3.11. The number of benzene rings is 2. The minimum atomic E-state index is -0.296. The summed E-state index contributed by atoms with van der Waals surface area (Å²) >= 11 is 0. The van der Waals surface area contributed by atoms with E-state index in [9.17, 15) is 9.18 Å². The van der Waals surface area contributed by atoms with Gasteiger partial charge in [-0.15, -0.1) is 0 Å². The van der Waals surface area contributed by atoms with Gasteiger partial charge in [-0.25, -0.2) is 9.40 Å². The predicted octanol–water partition coefficient (Wildman–Crippen LogP) is 4.15. The molecule has 1 amide bonds. The molecule has 27 heavy (non-hydrogen) atoms. The lowest BCUT2D eigenvalue weighted by molar-refractivity contribution is -0.134. The van der Waals surface area contributed by atoms with Crippen LogP contribution < -0.4 is 0 Å². The minimum Gasteiger partial charge on any atom is -0.295 e. The maximum atomic E-state index is 13.7. The first-order valence-corrected chi connectivity index (χ1v) is 9.46. The summed E-state index contributed by atoms with van der Waals surface area (Å²) < 4.78 is 13.7. The van der Waals surface area contributed by atoms with Crippen LogP contribution >= 0.6 is 0 Å². The van der Waals surface area contributed by atoms with Gasteiger partial charge in [-0.1, -0.05) is 50.2 Å². The Kier molecular flexibility index (Phi) is 6.01. The molecule has 3 rings (SSSR count). The average molecular weight is 367 g/mol. The summed E-state index contributed by atoms with van der Waals surface area (Å²) in [5.41, 5.74) is 3.68. The Morgan fingerprint density at radius 2 is 1.93 bits per heavy atom. The third-order valence-electron chi connectivity index (χ3n) is 5.12. The van der Waals surface area contributed by atoms with Gasteiger partial charge in [-0.2, -0.15) is 5.10 Å². The molecule has 142 valence electrons. The first-order valence-electron chi connectivity index (χ1n) is 9.46. The van der Waals surface area contributed by atoms with Gasteiger partial charge in [-0.05, 0) is 43.3 Å². The number of nitrogens with zero attached hydrogens (tertiary/aromatic N) is 3. The maximum absolute atomic E-state index is 13.7. The van der Waals surface area contributed by atoms with Crippen molar-refractivity contribution in [3.05, 3.63) is 71.0 Å². The quantitative estimate of drug-likeness (QED) is 0.769. The van der Waals surface area contributed by atoms with E-state index in [1.165, 1.54) is 12.1 Å². The topological polar surface area (TPSA) is 35.9 Å². The Labute approximate surface area is 160 Å². The number of carbonyl (C=O) groups excluding carboxylic acids is 1. The van der Waals surface area contributed by atoms with Crippen molar-refractivity contribution in [1.29, 1.82) is 0 Å². The third-order valence-corrected chi connectivity index (χ3v) is 5.12. The molecule has 0 N–H and O–H groups in total. The summed E-state index contributed by atoms with van der Waals surface area (Å²) in [4.78, 5) is 15.1. The van der Waals surface area contributed by atoms with Gasteiger partial charge in [0.2, 0.25) is 0 Å². The zero-order valence-corrected chi connectivity index (χ0v) is 16.2. The molecule has 1 heterocycles. The number of carbonyl (C=O) groups is 1. The summed E-state index contributed by atoms with van der Waals surface area (Å²) in [6, 6.07) is 14.3. The highest BCUT2D eigenvalue weighted by Gasteiger charge is 2.34. The van der Waals surface area contributed by atoms with Gasteiger partial charge in [0.1, 0.15) is 5.82 Å². The van der Waals surface area contributed by atoms with Gasteiger partial charge in [-0.3, -0.25) is 9.69 Å². The second kappa shape index (κ2) is 8.44. The Morgan fingerprint density at radius 3 is 2.59 bits per heavy atom. The van der Waals surface area contributed by atoms with Crippen molar-refractivity contribution in [3.8, 4) is 0 Å². The fraction of sp³-hybridized carbons (Fsp3) is 0.364. The van der Waals surface area contributed by atoms with Gasteiger partial charge in [0.15, 0.2) is 0 Å². The van der Waals surface area contributed by atoms with Crippen molar-refractivity contribution in [2.45, 2.75) is 33.2 Å². The van der Waals surface area contributed by atoms with Gasteiger partial charge in [0.25, 0.3) is 5.91 Å². The smallest absolute Gasteiger partial charge is 0.257 e. The predicted molar refractivity (Wildman–Crippen MR) is 106 cm³/mol. The Bertz CT molecular complexity index is 845. The van der Waals surface area contributed by atoms with E-state index < -0.39 is 0 Å². The maximum Gasteiger partial charge on any atom is 0.257 e. The summed E-state index contributed by atoms with van der Waals surface area (Å²) in [6.45, 7) is 8.08. The van der Waals surface area contributed by atoms with Gasteiger partial charge in [0.05, 0.1) is 18.3 Å². The van der Waals surface area contributed by atoms with Gasteiger partial charge in [0, 0.05) is 12.0 Å². The summed E-state index contributed by atoms with van der Waals surface area (Å²) in [7, 11) is 0. The molecule has 0 aromatic heterocycles. The molecule has 1 aliphatic rings. The van der Waals surface area contributed by atoms with Crippen LogP contribution in [0.5, 0.6) is 0 Å². The van der Waals surface area contributed by atoms with E-state index in [-0.39, 0.29) is 17.8 Å². The Balaban J connectivity index is 1.95. The second-order valence-corrected chi connectivity index (χ2v) is 6.83. The minimum absolute atomic E-state index is 0.0293. The number of aryl methyl sites for hydroxylation is 1. The van der Waals surface area contributed by atoms with Crippen molar-refractivity contribution in [2.75, 3.05) is 19.6 Å². The molecule has 0 saturated heterocycles. The van der Waals surface area contributed by atoms with Gasteiger partial charge < -0.3 is 0 Å². The van der Waals surface area contributed by atoms with Crippen LogP contribution in [0, 0.1) is 12.7 Å². The molecule has 0 radical (unpaired) electrons. The lowest BCUT2D eigenvalue weighted by atomic mass is 9.95. The van der Waals surface area contributed by atoms with Crippen LogP contribution in [0.15, 0.2) is 53.6 Å². The van der Waals surface area contributed by atoms with Crippen LogP contribution in [-0.2, 0) is 4.79 Å². The zero-order valence-electron chi connectivity index (χ0n) is 16.2. The number of hydrogen-bond acceptors (Lipinski definition) is 3. The molecule has 2 aromatic carbocycles.